The summed E-state index contributed by atoms with van der Waals surface area (Å²) >= 11 is 0. The highest BCUT2D eigenvalue weighted by Crippen LogP contribution is 2.37. The number of methoxy groups -OCH3 is 2. The third-order valence-electron chi connectivity index (χ3n) is 3.88. The van der Waals surface area contributed by atoms with Crippen LogP contribution < -0.4 is 14.8 Å². The molecule has 0 aliphatic carbocycles. The second-order valence-electron chi connectivity index (χ2n) is 5.10. The molecule has 21 heavy (non-hydrogen) atoms. The summed E-state index contributed by atoms with van der Waals surface area (Å²) in [6.45, 7) is 0.851. The van der Waals surface area contributed by atoms with Gasteiger partial charge in [0.05, 0.1) is 20.3 Å². The normalized spacial score (nSPS) is 17.2. The lowest BCUT2D eigenvalue weighted by atomic mass is 9.89. The molecule has 2 aromatic carbocycles. The van der Waals surface area contributed by atoms with Crippen molar-refractivity contribution in [2.24, 2.45) is 0 Å². The van der Waals surface area contributed by atoms with Crippen molar-refractivity contribution in [2.75, 3.05) is 20.8 Å². The Bertz CT molecular complexity index is 657. The number of fused-ring (bicyclic) bond motifs is 1. The molecule has 0 unspecified atom stereocenters. The highest BCUT2D eigenvalue weighted by molar-refractivity contribution is 5.51. The molecule has 4 heteroatoms. The maximum absolute atomic E-state index is 13.5. The fourth-order valence-electron chi connectivity index (χ4n) is 2.87. The lowest BCUT2D eigenvalue weighted by molar-refractivity contribution is 0.353. The Morgan fingerprint density at radius 2 is 1.86 bits per heavy atom. The van der Waals surface area contributed by atoms with Gasteiger partial charge >= 0.3 is 0 Å². The first kappa shape index (κ1) is 13.9. The van der Waals surface area contributed by atoms with E-state index in [1.165, 1.54) is 11.6 Å². The Morgan fingerprint density at radius 3 is 2.57 bits per heavy atom. The van der Waals surface area contributed by atoms with Gasteiger partial charge in [-0.15, -0.1) is 0 Å². The highest BCUT2D eigenvalue weighted by Gasteiger charge is 2.24. The van der Waals surface area contributed by atoms with Crippen molar-refractivity contribution in [1.82, 2.24) is 5.32 Å². The largest absolute Gasteiger partial charge is 0.493 e. The van der Waals surface area contributed by atoms with Crippen LogP contribution in [0.3, 0.4) is 0 Å². The van der Waals surface area contributed by atoms with Gasteiger partial charge < -0.3 is 14.8 Å². The van der Waals surface area contributed by atoms with E-state index in [1.54, 1.807) is 26.4 Å². The first-order valence-electron chi connectivity index (χ1n) is 6.96. The summed E-state index contributed by atoms with van der Waals surface area (Å²) in [5, 5.41) is 3.44. The molecule has 0 saturated carbocycles. The van der Waals surface area contributed by atoms with Crippen LogP contribution in [-0.4, -0.2) is 20.8 Å². The second kappa shape index (κ2) is 5.74. The Labute approximate surface area is 123 Å². The second-order valence-corrected chi connectivity index (χ2v) is 5.10. The molecule has 110 valence electrons. The van der Waals surface area contributed by atoms with Gasteiger partial charge in [0.25, 0.3) is 0 Å². The SMILES string of the molecule is COc1cc2c(cc1OC)[C@@H](c1cccc(F)c1)NCC2. The molecule has 0 saturated heterocycles. The molecule has 0 radical (unpaired) electrons. The molecule has 0 amide bonds. The molecule has 0 aromatic heterocycles. The standard InChI is InChI=1S/C17H18FNO2/c1-20-15-9-11-6-7-19-17(14(11)10-16(15)21-2)12-4-3-5-13(18)8-12/h3-5,8-10,17,19H,6-7H2,1-2H3/t17-/m1/s1. The summed E-state index contributed by atoms with van der Waals surface area (Å²) in [7, 11) is 3.26. The topological polar surface area (TPSA) is 30.5 Å². The predicted molar refractivity (Wildman–Crippen MR) is 79.5 cm³/mol. The van der Waals surface area contributed by atoms with Gasteiger partial charge in [0.15, 0.2) is 11.5 Å². The third-order valence-corrected chi connectivity index (χ3v) is 3.88. The number of rotatable bonds is 3. The van der Waals surface area contributed by atoms with E-state index in [2.05, 4.69) is 5.32 Å². The summed E-state index contributed by atoms with van der Waals surface area (Å²) in [4.78, 5) is 0. The van der Waals surface area contributed by atoms with E-state index >= 15 is 0 Å². The van der Waals surface area contributed by atoms with Crippen LogP contribution in [0.2, 0.25) is 0 Å². The Kier molecular flexibility index (Phi) is 3.80. The average Bonchev–Trinajstić information content (AvgIpc) is 2.52. The van der Waals surface area contributed by atoms with Crippen molar-refractivity contribution in [1.29, 1.82) is 0 Å². The summed E-state index contributed by atoms with van der Waals surface area (Å²) in [5.74, 6) is 1.21. The zero-order valence-corrected chi connectivity index (χ0v) is 12.2. The van der Waals surface area contributed by atoms with Crippen LogP contribution in [-0.2, 0) is 6.42 Å². The smallest absolute Gasteiger partial charge is 0.161 e. The third kappa shape index (κ3) is 2.59. The molecule has 0 fully saturated rings. The molecule has 1 N–H and O–H groups in total. The van der Waals surface area contributed by atoms with Crippen LogP contribution in [0.5, 0.6) is 11.5 Å². The van der Waals surface area contributed by atoms with Crippen molar-refractivity contribution >= 4 is 0 Å². The molecular weight excluding hydrogens is 269 g/mol. The number of ether oxygens (including phenoxy) is 2. The molecular formula is C17H18FNO2. The zero-order chi connectivity index (χ0) is 14.8. The summed E-state index contributed by atoms with van der Waals surface area (Å²) in [6.07, 6.45) is 0.918. The Hall–Kier alpha value is -2.07. The predicted octanol–water partition coefficient (Wildman–Crippen LogP) is 3.08. The molecule has 3 rings (SSSR count). The molecule has 0 bridgehead atoms. The zero-order valence-electron chi connectivity index (χ0n) is 12.2. The number of benzene rings is 2. The summed E-state index contributed by atoms with van der Waals surface area (Å²) in [6, 6.07) is 10.7. The van der Waals surface area contributed by atoms with Gasteiger partial charge in [-0.05, 0) is 47.4 Å². The first-order chi connectivity index (χ1) is 10.2. The van der Waals surface area contributed by atoms with Gasteiger partial charge in [0.2, 0.25) is 0 Å². The lowest BCUT2D eigenvalue weighted by Gasteiger charge is -2.28. The fraction of sp³-hybridized carbons (Fsp3) is 0.294. The van der Waals surface area contributed by atoms with E-state index < -0.39 is 0 Å². The molecule has 3 nitrogen and oxygen atoms in total. The van der Waals surface area contributed by atoms with E-state index in [1.807, 2.05) is 18.2 Å². The number of nitrogens with one attached hydrogen (secondary N) is 1. The maximum atomic E-state index is 13.5. The van der Waals surface area contributed by atoms with Gasteiger partial charge in [-0.25, -0.2) is 4.39 Å². The Morgan fingerprint density at radius 1 is 1.10 bits per heavy atom. The van der Waals surface area contributed by atoms with Gasteiger partial charge in [-0.2, -0.15) is 0 Å². The minimum Gasteiger partial charge on any atom is -0.493 e. The number of hydrogen-bond donors (Lipinski definition) is 1. The first-order valence-corrected chi connectivity index (χ1v) is 6.96. The van der Waals surface area contributed by atoms with Crippen LogP contribution in [0.1, 0.15) is 22.7 Å². The van der Waals surface area contributed by atoms with Crippen molar-refractivity contribution in [2.45, 2.75) is 12.5 Å². The molecule has 1 aliphatic rings. The van der Waals surface area contributed by atoms with Crippen molar-refractivity contribution in [3.8, 4) is 11.5 Å². The van der Waals surface area contributed by atoms with Gasteiger partial charge in [0.1, 0.15) is 5.82 Å². The van der Waals surface area contributed by atoms with E-state index in [9.17, 15) is 4.39 Å². The summed E-state index contributed by atoms with van der Waals surface area (Å²) < 4.78 is 24.2. The van der Waals surface area contributed by atoms with E-state index in [-0.39, 0.29) is 11.9 Å². The summed E-state index contributed by atoms with van der Waals surface area (Å²) in [5.41, 5.74) is 3.24. The quantitative estimate of drug-likeness (QED) is 0.941. The van der Waals surface area contributed by atoms with Crippen LogP contribution in [0.25, 0.3) is 0 Å². The van der Waals surface area contributed by atoms with Crippen molar-refractivity contribution < 1.29 is 13.9 Å². The maximum Gasteiger partial charge on any atom is 0.161 e. The van der Waals surface area contributed by atoms with Crippen LogP contribution in [0.15, 0.2) is 36.4 Å². The number of hydrogen-bond acceptors (Lipinski definition) is 3. The molecule has 0 spiro atoms. The van der Waals surface area contributed by atoms with Gasteiger partial charge in [-0.3, -0.25) is 0 Å². The fourth-order valence-corrected chi connectivity index (χ4v) is 2.87. The van der Waals surface area contributed by atoms with Gasteiger partial charge in [-0.1, -0.05) is 12.1 Å². The highest BCUT2D eigenvalue weighted by atomic mass is 19.1. The van der Waals surface area contributed by atoms with Crippen LogP contribution >= 0.6 is 0 Å². The lowest BCUT2D eigenvalue weighted by Crippen LogP contribution is -2.30. The minimum atomic E-state index is -0.220. The van der Waals surface area contributed by atoms with Crippen LogP contribution in [0, 0.1) is 5.82 Å². The van der Waals surface area contributed by atoms with Crippen LogP contribution in [0.4, 0.5) is 4.39 Å². The number of halogens is 1. The van der Waals surface area contributed by atoms with E-state index in [0.717, 1.165) is 29.8 Å². The van der Waals surface area contributed by atoms with Crippen molar-refractivity contribution in [3.05, 3.63) is 58.9 Å². The minimum absolute atomic E-state index is 0.0238. The van der Waals surface area contributed by atoms with E-state index in [0.29, 0.717) is 5.75 Å². The monoisotopic (exact) mass is 287 g/mol. The van der Waals surface area contributed by atoms with Gasteiger partial charge in [0, 0.05) is 6.54 Å². The Balaban J connectivity index is 2.09. The molecule has 1 atom stereocenters. The molecule has 1 aliphatic heterocycles. The molecule has 1 heterocycles. The molecule has 2 aromatic rings. The van der Waals surface area contributed by atoms with Crippen molar-refractivity contribution in [3.63, 3.8) is 0 Å². The van der Waals surface area contributed by atoms with E-state index in [4.69, 9.17) is 9.47 Å². The average molecular weight is 287 g/mol.